The van der Waals surface area contributed by atoms with Gasteiger partial charge in [-0.15, -0.1) is 0 Å². The van der Waals surface area contributed by atoms with E-state index in [1.54, 1.807) is 11.8 Å². The highest BCUT2D eigenvalue weighted by molar-refractivity contribution is 5.75. The van der Waals surface area contributed by atoms with Crippen LogP contribution in [-0.4, -0.2) is 36.1 Å². The number of methoxy groups -OCH3 is 1. The second kappa shape index (κ2) is 6.12. The van der Waals surface area contributed by atoms with E-state index in [1.807, 2.05) is 6.92 Å². The summed E-state index contributed by atoms with van der Waals surface area (Å²) in [4.78, 5) is 20.4. The Bertz CT molecular complexity index is 398. The van der Waals surface area contributed by atoms with Crippen molar-refractivity contribution in [2.24, 2.45) is 0 Å². The summed E-state index contributed by atoms with van der Waals surface area (Å²) in [6.07, 6.45) is 2.06. The highest BCUT2D eigenvalue weighted by Crippen LogP contribution is 2.17. The van der Waals surface area contributed by atoms with Crippen LogP contribution in [0.5, 0.6) is 0 Å². The summed E-state index contributed by atoms with van der Waals surface area (Å²) in [5, 5.41) is 0. The molecular weight excluding hydrogens is 225 g/mol. The van der Waals surface area contributed by atoms with Crippen LogP contribution in [0.4, 0.5) is 10.2 Å². The largest absolute Gasteiger partial charge is 0.468 e. The quantitative estimate of drug-likeness (QED) is 0.727. The van der Waals surface area contributed by atoms with E-state index in [0.717, 1.165) is 6.42 Å². The third-order valence-electron chi connectivity index (χ3n) is 2.29. The molecule has 1 aromatic heterocycles. The number of aryl methyl sites for hydroxylation is 1. The maximum absolute atomic E-state index is 13.8. The van der Waals surface area contributed by atoms with Crippen LogP contribution in [0.25, 0.3) is 0 Å². The van der Waals surface area contributed by atoms with E-state index in [1.165, 1.54) is 13.4 Å². The monoisotopic (exact) mass is 241 g/mol. The van der Waals surface area contributed by atoms with Crippen molar-refractivity contribution in [2.75, 3.05) is 25.1 Å². The van der Waals surface area contributed by atoms with Gasteiger partial charge < -0.3 is 9.64 Å². The third kappa shape index (κ3) is 3.37. The fraction of sp³-hybridized carbons (Fsp3) is 0.545. The van der Waals surface area contributed by atoms with E-state index < -0.39 is 11.8 Å². The molecule has 0 aliphatic carbocycles. The molecule has 1 aromatic rings. The summed E-state index contributed by atoms with van der Waals surface area (Å²) >= 11 is 0. The topological polar surface area (TPSA) is 55.3 Å². The van der Waals surface area contributed by atoms with Gasteiger partial charge in [0.05, 0.1) is 12.8 Å². The number of halogens is 1. The number of anilines is 1. The van der Waals surface area contributed by atoms with E-state index in [0.29, 0.717) is 6.54 Å². The molecule has 0 unspecified atom stereocenters. The predicted molar refractivity (Wildman–Crippen MR) is 61.2 cm³/mol. The number of esters is 1. The lowest BCUT2D eigenvalue weighted by molar-refractivity contribution is -0.138. The highest BCUT2D eigenvalue weighted by atomic mass is 19.1. The molecule has 0 radical (unpaired) electrons. The molecule has 0 aromatic carbocycles. The zero-order valence-electron chi connectivity index (χ0n) is 10.2. The first-order valence-electron chi connectivity index (χ1n) is 5.39. The summed E-state index contributed by atoms with van der Waals surface area (Å²) < 4.78 is 18.4. The van der Waals surface area contributed by atoms with E-state index in [-0.39, 0.29) is 18.1 Å². The molecule has 0 fully saturated rings. The molecule has 6 heteroatoms. The molecule has 1 heterocycles. The molecule has 0 atom stereocenters. The lowest BCUT2D eigenvalue weighted by Gasteiger charge is -2.22. The summed E-state index contributed by atoms with van der Waals surface area (Å²) in [5.74, 6) is -0.774. The summed E-state index contributed by atoms with van der Waals surface area (Å²) in [6.45, 7) is 4.01. The Kier molecular flexibility index (Phi) is 4.81. The van der Waals surface area contributed by atoms with Crippen LogP contribution >= 0.6 is 0 Å². The molecule has 0 amide bonds. The Morgan fingerprint density at radius 2 is 2.24 bits per heavy atom. The number of hydrogen-bond donors (Lipinski definition) is 0. The fourth-order valence-corrected chi connectivity index (χ4v) is 1.42. The Hall–Kier alpha value is -1.72. The standard InChI is InChI=1S/C11H16FN3O2/c1-4-5-15(6-9(16)17-3)11-10(12)8(2)13-7-14-11/h7H,4-6H2,1-3H3. The van der Waals surface area contributed by atoms with E-state index >= 15 is 0 Å². The van der Waals surface area contributed by atoms with Crippen molar-refractivity contribution >= 4 is 11.8 Å². The zero-order valence-corrected chi connectivity index (χ0v) is 10.2. The fourth-order valence-electron chi connectivity index (χ4n) is 1.42. The minimum atomic E-state index is -0.496. The number of ether oxygens (including phenoxy) is 1. The molecule has 94 valence electrons. The molecule has 0 aliphatic heterocycles. The molecule has 0 N–H and O–H groups in total. The van der Waals surface area contributed by atoms with Gasteiger partial charge in [-0.2, -0.15) is 0 Å². The maximum atomic E-state index is 13.8. The average Bonchev–Trinajstić information content (AvgIpc) is 2.32. The molecule has 0 saturated heterocycles. The van der Waals surface area contributed by atoms with Gasteiger partial charge in [0.25, 0.3) is 0 Å². The van der Waals surface area contributed by atoms with E-state index in [9.17, 15) is 9.18 Å². The average molecular weight is 241 g/mol. The zero-order chi connectivity index (χ0) is 12.8. The number of carbonyl (C=O) groups excluding carboxylic acids is 1. The smallest absolute Gasteiger partial charge is 0.325 e. The minimum absolute atomic E-state index is 0.0162. The van der Waals surface area contributed by atoms with Gasteiger partial charge in [0, 0.05) is 6.54 Å². The van der Waals surface area contributed by atoms with Crippen LogP contribution in [-0.2, 0) is 9.53 Å². The Labute approximate surface area is 99.6 Å². The Balaban J connectivity index is 2.96. The Morgan fingerprint density at radius 1 is 1.53 bits per heavy atom. The van der Waals surface area contributed by atoms with Crippen molar-refractivity contribution in [1.29, 1.82) is 0 Å². The second-order valence-corrected chi connectivity index (χ2v) is 3.59. The van der Waals surface area contributed by atoms with Crippen LogP contribution in [0.15, 0.2) is 6.33 Å². The number of nitrogens with zero attached hydrogens (tertiary/aromatic N) is 3. The molecule has 5 nitrogen and oxygen atoms in total. The van der Waals surface area contributed by atoms with Crippen molar-refractivity contribution in [2.45, 2.75) is 20.3 Å². The van der Waals surface area contributed by atoms with Gasteiger partial charge in [-0.1, -0.05) is 6.92 Å². The molecule has 0 spiro atoms. The van der Waals surface area contributed by atoms with Crippen LogP contribution in [0.3, 0.4) is 0 Å². The molecule has 0 bridgehead atoms. The maximum Gasteiger partial charge on any atom is 0.325 e. The van der Waals surface area contributed by atoms with Crippen molar-refractivity contribution in [3.05, 3.63) is 17.8 Å². The summed E-state index contributed by atoms with van der Waals surface area (Å²) in [6, 6.07) is 0. The molecule has 1 rings (SSSR count). The second-order valence-electron chi connectivity index (χ2n) is 3.59. The van der Waals surface area contributed by atoms with Crippen molar-refractivity contribution in [3.63, 3.8) is 0 Å². The van der Waals surface area contributed by atoms with Crippen molar-refractivity contribution < 1.29 is 13.9 Å². The normalized spacial score (nSPS) is 10.1. The van der Waals surface area contributed by atoms with Crippen molar-refractivity contribution in [1.82, 2.24) is 9.97 Å². The molecule has 0 aliphatic rings. The van der Waals surface area contributed by atoms with E-state index in [4.69, 9.17) is 0 Å². The SMILES string of the molecule is CCCN(CC(=O)OC)c1ncnc(C)c1F. The van der Waals surface area contributed by atoms with Gasteiger partial charge in [-0.25, -0.2) is 14.4 Å². The lowest BCUT2D eigenvalue weighted by Crippen LogP contribution is -2.33. The van der Waals surface area contributed by atoms with Crippen molar-refractivity contribution in [3.8, 4) is 0 Å². The highest BCUT2D eigenvalue weighted by Gasteiger charge is 2.17. The van der Waals surface area contributed by atoms with Gasteiger partial charge in [0.15, 0.2) is 11.6 Å². The van der Waals surface area contributed by atoms with Crippen LogP contribution in [0.1, 0.15) is 19.0 Å². The van der Waals surface area contributed by atoms with Crippen LogP contribution in [0.2, 0.25) is 0 Å². The molecule has 17 heavy (non-hydrogen) atoms. The molecular formula is C11H16FN3O2. The number of carbonyl (C=O) groups is 1. The van der Waals surface area contributed by atoms with Crippen LogP contribution in [0, 0.1) is 12.7 Å². The summed E-state index contributed by atoms with van der Waals surface area (Å²) in [7, 11) is 1.30. The van der Waals surface area contributed by atoms with Gasteiger partial charge in [-0.05, 0) is 13.3 Å². The third-order valence-corrected chi connectivity index (χ3v) is 2.29. The van der Waals surface area contributed by atoms with Gasteiger partial charge >= 0.3 is 5.97 Å². The first kappa shape index (κ1) is 13.3. The first-order chi connectivity index (χ1) is 8.10. The van der Waals surface area contributed by atoms with Gasteiger partial charge in [0.1, 0.15) is 12.9 Å². The Morgan fingerprint density at radius 3 is 2.82 bits per heavy atom. The first-order valence-corrected chi connectivity index (χ1v) is 5.39. The molecule has 0 saturated carbocycles. The van der Waals surface area contributed by atoms with Crippen LogP contribution < -0.4 is 4.90 Å². The number of hydrogen-bond acceptors (Lipinski definition) is 5. The van der Waals surface area contributed by atoms with E-state index in [2.05, 4.69) is 14.7 Å². The summed E-state index contributed by atoms with van der Waals surface area (Å²) in [5.41, 5.74) is 0.265. The number of rotatable bonds is 5. The number of aromatic nitrogens is 2. The van der Waals surface area contributed by atoms with Gasteiger partial charge in [0.2, 0.25) is 0 Å². The predicted octanol–water partition coefficient (Wildman–Crippen LogP) is 1.31. The lowest BCUT2D eigenvalue weighted by atomic mass is 10.3. The minimum Gasteiger partial charge on any atom is -0.468 e. The van der Waals surface area contributed by atoms with Gasteiger partial charge in [-0.3, -0.25) is 4.79 Å².